The monoisotopic (exact) mass is 287 g/mol. The molecule has 5 heteroatoms. The first-order chi connectivity index (χ1) is 9.98. The zero-order valence-corrected chi connectivity index (χ0v) is 12.4. The normalized spacial score (nSPS) is 21.3. The lowest BCUT2D eigenvalue weighted by Gasteiger charge is -2.35. The van der Waals surface area contributed by atoms with Crippen LogP contribution in [0, 0.1) is 0 Å². The fraction of sp³-hybridized carbons (Fsp3) is 0.438. The first-order valence-corrected chi connectivity index (χ1v) is 7.28. The third-order valence-corrected chi connectivity index (χ3v) is 4.08. The summed E-state index contributed by atoms with van der Waals surface area (Å²) in [6, 6.07) is 9.49. The molecule has 0 bridgehead atoms. The summed E-state index contributed by atoms with van der Waals surface area (Å²) < 4.78 is 7.26. The molecule has 1 unspecified atom stereocenters. The smallest absolute Gasteiger partial charge is 0.294 e. The number of nitrogens with two attached hydrogens (primary N) is 1. The predicted molar refractivity (Wildman–Crippen MR) is 82.8 cm³/mol. The van der Waals surface area contributed by atoms with Crippen LogP contribution < -0.4 is 11.3 Å². The molecule has 0 saturated carbocycles. The van der Waals surface area contributed by atoms with Crippen molar-refractivity contribution in [3.8, 4) is 5.69 Å². The van der Waals surface area contributed by atoms with Crippen LogP contribution in [0.4, 0.5) is 5.69 Å². The van der Waals surface area contributed by atoms with E-state index in [-0.39, 0.29) is 17.1 Å². The van der Waals surface area contributed by atoms with Gasteiger partial charge in [-0.3, -0.25) is 9.89 Å². The van der Waals surface area contributed by atoms with Crippen molar-refractivity contribution in [3.05, 3.63) is 46.4 Å². The van der Waals surface area contributed by atoms with Gasteiger partial charge in [-0.1, -0.05) is 18.2 Å². The molecule has 2 heterocycles. The number of aromatic nitrogens is 2. The molecule has 0 spiro atoms. The second-order valence-electron chi connectivity index (χ2n) is 6.21. The van der Waals surface area contributed by atoms with Gasteiger partial charge in [0.25, 0.3) is 5.56 Å². The van der Waals surface area contributed by atoms with E-state index in [0.29, 0.717) is 12.3 Å². The van der Waals surface area contributed by atoms with Crippen molar-refractivity contribution in [2.45, 2.75) is 38.2 Å². The van der Waals surface area contributed by atoms with Gasteiger partial charge in [0.1, 0.15) is 5.69 Å². The lowest BCUT2D eigenvalue weighted by Crippen LogP contribution is -2.33. The lowest BCUT2D eigenvalue weighted by atomic mass is 9.86. The average Bonchev–Trinajstić information content (AvgIpc) is 2.75. The second-order valence-corrected chi connectivity index (χ2v) is 6.21. The van der Waals surface area contributed by atoms with Crippen molar-refractivity contribution in [1.29, 1.82) is 0 Å². The molecule has 1 saturated heterocycles. The van der Waals surface area contributed by atoms with Crippen LogP contribution >= 0.6 is 0 Å². The van der Waals surface area contributed by atoms with Gasteiger partial charge in [-0.05, 0) is 38.8 Å². The molecule has 1 aromatic carbocycles. The summed E-state index contributed by atoms with van der Waals surface area (Å²) in [6.45, 7) is 4.83. The molecule has 1 atom stereocenters. The topological polar surface area (TPSA) is 73.0 Å². The molecule has 5 nitrogen and oxygen atoms in total. The largest absolute Gasteiger partial charge is 0.393 e. The molecule has 0 radical (unpaired) electrons. The molecule has 0 aliphatic carbocycles. The van der Waals surface area contributed by atoms with Crippen LogP contribution in [0.25, 0.3) is 5.69 Å². The first-order valence-electron chi connectivity index (χ1n) is 7.28. The maximum atomic E-state index is 12.4. The van der Waals surface area contributed by atoms with Crippen LogP contribution in [0.2, 0.25) is 0 Å². The molecule has 112 valence electrons. The van der Waals surface area contributed by atoms with E-state index in [1.165, 1.54) is 4.68 Å². The van der Waals surface area contributed by atoms with Crippen LogP contribution in [-0.2, 0) is 4.74 Å². The van der Waals surface area contributed by atoms with Crippen molar-refractivity contribution in [3.63, 3.8) is 0 Å². The van der Waals surface area contributed by atoms with Crippen molar-refractivity contribution >= 4 is 5.69 Å². The first kappa shape index (κ1) is 13.9. The van der Waals surface area contributed by atoms with Gasteiger partial charge in [-0.2, -0.15) is 0 Å². The number of nitrogens with one attached hydrogen (secondary N) is 1. The predicted octanol–water partition coefficient (Wildman–Crippen LogP) is 2.42. The Bertz CT molecular complexity index is 685. The number of nitrogen functional groups attached to an aromatic ring is 1. The number of H-pyrrole nitrogens is 1. The van der Waals surface area contributed by atoms with Gasteiger partial charge in [0.05, 0.1) is 17.0 Å². The van der Waals surface area contributed by atoms with Gasteiger partial charge in [0, 0.05) is 12.5 Å². The zero-order valence-electron chi connectivity index (χ0n) is 12.4. The minimum atomic E-state index is -0.180. The fourth-order valence-corrected chi connectivity index (χ4v) is 3.02. The molecule has 3 rings (SSSR count). The van der Waals surface area contributed by atoms with E-state index in [2.05, 4.69) is 18.9 Å². The van der Waals surface area contributed by atoms with Crippen molar-refractivity contribution in [2.75, 3.05) is 12.3 Å². The number of aromatic amines is 1. The van der Waals surface area contributed by atoms with Crippen molar-refractivity contribution < 1.29 is 4.74 Å². The lowest BCUT2D eigenvalue weighted by molar-refractivity contribution is -0.0597. The summed E-state index contributed by atoms with van der Waals surface area (Å²) in [5, 5.41) is 3.20. The van der Waals surface area contributed by atoms with Gasteiger partial charge >= 0.3 is 0 Å². The summed E-state index contributed by atoms with van der Waals surface area (Å²) in [5.41, 5.74) is 7.65. The highest BCUT2D eigenvalue weighted by Crippen LogP contribution is 2.36. The van der Waals surface area contributed by atoms with E-state index in [9.17, 15) is 4.79 Å². The number of anilines is 1. The minimum Gasteiger partial charge on any atom is -0.393 e. The Morgan fingerprint density at radius 2 is 2.05 bits per heavy atom. The molecule has 2 aromatic rings. The standard InChI is InChI=1S/C16H21N3O2/c1-16(2)10-11(8-9-21-16)14-13(17)15(20)19(18-14)12-6-4-3-5-7-12/h3-7,11,18H,8-10,17H2,1-2H3. The van der Waals surface area contributed by atoms with E-state index < -0.39 is 0 Å². The van der Waals surface area contributed by atoms with Crippen LogP contribution in [0.5, 0.6) is 0 Å². The van der Waals surface area contributed by atoms with Gasteiger partial charge in [-0.25, -0.2) is 4.68 Å². The third kappa shape index (κ3) is 2.61. The summed E-state index contributed by atoms with van der Waals surface area (Å²) in [5.74, 6) is 0.228. The number of nitrogens with zero attached hydrogens (tertiary/aromatic N) is 1. The quantitative estimate of drug-likeness (QED) is 0.891. The van der Waals surface area contributed by atoms with E-state index in [1.807, 2.05) is 30.3 Å². The molecule has 21 heavy (non-hydrogen) atoms. The second kappa shape index (κ2) is 5.07. The Hall–Kier alpha value is -2.01. The Kier molecular flexibility index (Phi) is 3.37. The van der Waals surface area contributed by atoms with Gasteiger partial charge in [0.2, 0.25) is 0 Å². The molecule has 1 aliphatic heterocycles. The number of ether oxygens (including phenoxy) is 1. The molecule has 0 amide bonds. The summed E-state index contributed by atoms with van der Waals surface area (Å²) in [6.07, 6.45) is 1.73. The van der Waals surface area contributed by atoms with Crippen LogP contribution in [-0.4, -0.2) is 22.0 Å². The van der Waals surface area contributed by atoms with Crippen molar-refractivity contribution in [1.82, 2.24) is 9.78 Å². The van der Waals surface area contributed by atoms with E-state index in [0.717, 1.165) is 24.2 Å². The van der Waals surface area contributed by atoms with Gasteiger partial charge in [-0.15, -0.1) is 0 Å². The molecule has 1 aromatic heterocycles. The van der Waals surface area contributed by atoms with Crippen molar-refractivity contribution in [2.24, 2.45) is 0 Å². The Labute approximate surface area is 123 Å². The van der Waals surface area contributed by atoms with E-state index in [1.54, 1.807) is 0 Å². The summed E-state index contributed by atoms with van der Waals surface area (Å²) in [7, 11) is 0. The van der Waals surface area contributed by atoms with Gasteiger partial charge < -0.3 is 10.5 Å². The SMILES string of the molecule is CC1(C)CC(c2[nH]n(-c3ccccc3)c(=O)c2N)CCO1. The summed E-state index contributed by atoms with van der Waals surface area (Å²) >= 11 is 0. The maximum Gasteiger partial charge on any atom is 0.294 e. The number of rotatable bonds is 2. The highest BCUT2D eigenvalue weighted by atomic mass is 16.5. The van der Waals surface area contributed by atoms with Crippen LogP contribution in [0.1, 0.15) is 38.3 Å². The molecule has 1 fully saturated rings. The highest BCUT2D eigenvalue weighted by Gasteiger charge is 2.32. The number of benzene rings is 1. The van der Waals surface area contributed by atoms with Crippen LogP contribution in [0.3, 0.4) is 0 Å². The molecule has 1 aliphatic rings. The van der Waals surface area contributed by atoms with Gasteiger partial charge in [0.15, 0.2) is 0 Å². The zero-order chi connectivity index (χ0) is 15.0. The minimum absolute atomic E-state index is 0.179. The fourth-order valence-electron chi connectivity index (χ4n) is 3.02. The Morgan fingerprint density at radius 1 is 1.33 bits per heavy atom. The number of hydrogen-bond acceptors (Lipinski definition) is 3. The molecule has 3 N–H and O–H groups in total. The van der Waals surface area contributed by atoms with Crippen LogP contribution in [0.15, 0.2) is 35.1 Å². The summed E-state index contributed by atoms with van der Waals surface area (Å²) in [4.78, 5) is 12.4. The average molecular weight is 287 g/mol. The Balaban J connectivity index is 2.00. The highest BCUT2D eigenvalue weighted by molar-refractivity contribution is 5.46. The number of para-hydroxylation sites is 1. The third-order valence-electron chi connectivity index (χ3n) is 4.08. The number of hydrogen-bond donors (Lipinski definition) is 2. The molecular formula is C16H21N3O2. The Morgan fingerprint density at radius 3 is 2.71 bits per heavy atom. The molecular weight excluding hydrogens is 266 g/mol. The van der Waals surface area contributed by atoms with E-state index >= 15 is 0 Å². The maximum absolute atomic E-state index is 12.4. The van der Waals surface area contributed by atoms with E-state index in [4.69, 9.17) is 10.5 Å².